The van der Waals surface area contributed by atoms with Crippen molar-refractivity contribution < 1.29 is 4.79 Å². The summed E-state index contributed by atoms with van der Waals surface area (Å²) in [5.74, 6) is 0.0590. The minimum absolute atomic E-state index is 0.0590. The largest absolute Gasteiger partial charge is 0.399 e. The highest BCUT2D eigenvalue weighted by Crippen LogP contribution is 2.29. The monoisotopic (exact) mass is 276 g/mol. The van der Waals surface area contributed by atoms with Crippen molar-refractivity contribution in [3.8, 4) is 0 Å². The summed E-state index contributed by atoms with van der Waals surface area (Å²) in [7, 11) is 1.88. The van der Waals surface area contributed by atoms with Crippen LogP contribution in [-0.4, -0.2) is 30.5 Å². The third-order valence-corrected chi connectivity index (χ3v) is 4.18. The van der Waals surface area contributed by atoms with Crippen LogP contribution in [0.4, 0.5) is 10.8 Å². The van der Waals surface area contributed by atoms with Crippen LogP contribution in [-0.2, 0) is 4.79 Å². The second-order valence-corrected chi connectivity index (χ2v) is 5.93. The van der Waals surface area contributed by atoms with Crippen molar-refractivity contribution in [1.29, 1.82) is 0 Å². The Bertz CT molecular complexity index is 620. The Morgan fingerprint density at radius 1 is 1.58 bits per heavy atom. The molecule has 0 unspecified atom stereocenters. The Morgan fingerprint density at radius 3 is 3.11 bits per heavy atom. The first kappa shape index (κ1) is 12.2. The lowest BCUT2D eigenvalue weighted by molar-refractivity contribution is -0.119. The number of likely N-dealkylation sites (N-methyl/N-ethyl adjacent to an activating group) is 1. The highest BCUT2D eigenvalue weighted by Gasteiger charge is 2.24. The second-order valence-electron chi connectivity index (χ2n) is 4.92. The number of fused-ring (bicyclic) bond motifs is 1. The van der Waals surface area contributed by atoms with E-state index < -0.39 is 0 Å². The van der Waals surface area contributed by atoms with E-state index >= 15 is 0 Å². The number of benzene rings is 1. The number of thiazole rings is 1. The van der Waals surface area contributed by atoms with Gasteiger partial charge in [-0.25, -0.2) is 4.98 Å². The van der Waals surface area contributed by atoms with Gasteiger partial charge < -0.3 is 16.0 Å². The van der Waals surface area contributed by atoms with E-state index in [9.17, 15) is 4.79 Å². The summed E-state index contributed by atoms with van der Waals surface area (Å²) < 4.78 is 1.05. The van der Waals surface area contributed by atoms with Gasteiger partial charge in [-0.05, 0) is 31.0 Å². The maximum Gasteiger partial charge on any atom is 0.239 e. The summed E-state index contributed by atoms with van der Waals surface area (Å²) in [5, 5.41) is 3.81. The second kappa shape index (κ2) is 4.70. The van der Waals surface area contributed by atoms with Crippen LogP contribution in [0.25, 0.3) is 10.2 Å². The molecule has 1 heterocycles. The van der Waals surface area contributed by atoms with Gasteiger partial charge in [-0.1, -0.05) is 11.3 Å². The lowest BCUT2D eigenvalue weighted by Gasteiger charge is -2.14. The summed E-state index contributed by atoms with van der Waals surface area (Å²) in [6, 6.07) is 6.05. The van der Waals surface area contributed by atoms with Gasteiger partial charge in [-0.2, -0.15) is 0 Å². The number of hydrogen-bond donors (Lipinski definition) is 2. The maximum atomic E-state index is 11.8. The molecule has 1 aliphatic rings. The van der Waals surface area contributed by atoms with Crippen LogP contribution in [0.1, 0.15) is 12.8 Å². The Labute approximate surface area is 115 Å². The van der Waals surface area contributed by atoms with Crippen molar-refractivity contribution in [2.24, 2.45) is 0 Å². The van der Waals surface area contributed by atoms with Gasteiger partial charge in [-0.3, -0.25) is 4.79 Å². The smallest absolute Gasteiger partial charge is 0.239 e. The molecule has 1 aromatic heterocycles. The van der Waals surface area contributed by atoms with Gasteiger partial charge in [0, 0.05) is 18.8 Å². The quantitative estimate of drug-likeness (QED) is 0.832. The fourth-order valence-corrected chi connectivity index (χ4v) is 2.85. The first-order valence-corrected chi connectivity index (χ1v) is 7.10. The molecule has 1 aliphatic carbocycles. The average molecular weight is 276 g/mol. The minimum atomic E-state index is 0.0590. The number of anilines is 2. The average Bonchev–Trinajstić information content (AvgIpc) is 3.05. The Balaban J connectivity index is 1.73. The van der Waals surface area contributed by atoms with Crippen molar-refractivity contribution >= 4 is 38.3 Å². The summed E-state index contributed by atoms with van der Waals surface area (Å²) >= 11 is 1.55. The number of hydrogen-bond acceptors (Lipinski definition) is 5. The van der Waals surface area contributed by atoms with E-state index in [1.807, 2.05) is 30.1 Å². The summed E-state index contributed by atoms with van der Waals surface area (Å²) in [6.45, 7) is 0.339. The molecule has 0 bridgehead atoms. The molecule has 1 saturated carbocycles. The predicted molar refractivity (Wildman–Crippen MR) is 78.5 cm³/mol. The number of carbonyl (C=O) groups is 1. The molecule has 100 valence electrons. The fourth-order valence-electron chi connectivity index (χ4n) is 1.88. The first-order chi connectivity index (χ1) is 9.11. The summed E-state index contributed by atoms with van der Waals surface area (Å²) in [4.78, 5) is 18.1. The normalized spacial score (nSPS) is 14.6. The van der Waals surface area contributed by atoms with Gasteiger partial charge in [-0.15, -0.1) is 0 Å². The van der Waals surface area contributed by atoms with Crippen LogP contribution in [0.15, 0.2) is 18.2 Å². The maximum absolute atomic E-state index is 11.8. The molecule has 2 aromatic rings. The molecule has 1 fully saturated rings. The van der Waals surface area contributed by atoms with E-state index in [-0.39, 0.29) is 5.91 Å². The number of amides is 1. The lowest BCUT2D eigenvalue weighted by Crippen LogP contribution is -2.36. The number of nitrogens with two attached hydrogens (primary N) is 1. The van der Waals surface area contributed by atoms with Gasteiger partial charge in [0.1, 0.15) is 0 Å². The Kier molecular flexibility index (Phi) is 3.02. The predicted octanol–water partition coefficient (Wildman–Crippen LogP) is 1.59. The molecule has 0 spiro atoms. The molecule has 6 heteroatoms. The van der Waals surface area contributed by atoms with Crippen LogP contribution in [0.5, 0.6) is 0 Å². The van der Waals surface area contributed by atoms with E-state index in [0.29, 0.717) is 12.6 Å². The van der Waals surface area contributed by atoms with Crippen molar-refractivity contribution in [2.75, 3.05) is 24.2 Å². The highest BCUT2D eigenvalue weighted by atomic mass is 32.1. The van der Waals surface area contributed by atoms with Crippen LogP contribution in [0, 0.1) is 0 Å². The molecule has 19 heavy (non-hydrogen) atoms. The standard InChI is InChI=1S/C13H16N4OS/c1-17(7-12(18)15-9-3-4-9)13-16-10-5-2-8(14)6-11(10)19-13/h2,5-6,9H,3-4,7,14H2,1H3,(H,15,18). The van der Waals surface area contributed by atoms with E-state index in [1.165, 1.54) is 0 Å². The molecule has 5 nitrogen and oxygen atoms in total. The summed E-state index contributed by atoms with van der Waals surface area (Å²) in [6.07, 6.45) is 2.21. The SMILES string of the molecule is CN(CC(=O)NC1CC1)c1nc2ccc(N)cc2s1. The number of aromatic nitrogens is 1. The molecule has 0 radical (unpaired) electrons. The van der Waals surface area contributed by atoms with Crippen molar-refractivity contribution in [3.63, 3.8) is 0 Å². The zero-order valence-electron chi connectivity index (χ0n) is 10.7. The summed E-state index contributed by atoms with van der Waals surface area (Å²) in [5.41, 5.74) is 7.41. The van der Waals surface area contributed by atoms with E-state index in [2.05, 4.69) is 10.3 Å². The number of nitrogen functional groups attached to an aromatic ring is 1. The van der Waals surface area contributed by atoms with Crippen molar-refractivity contribution in [2.45, 2.75) is 18.9 Å². The van der Waals surface area contributed by atoms with Crippen LogP contribution in [0.3, 0.4) is 0 Å². The molecule has 0 saturated heterocycles. The third kappa shape index (κ3) is 2.78. The number of carbonyl (C=O) groups excluding carboxylic acids is 1. The van der Waals surface area contributed by atoms with Gasteiger partial charge in [0.05, 0.1) is 16.8 Å². The molecule has 1 aromatic carbocycles. The molecule has 0 atom stereocenters. The van der Waals surface area contributed by atoms with Gasteiger partial charge in [0.2, 0.25) is 5.91 Å². The Morgan fingerprint density at radius 2 is 2.37 bits per heavy atom. The van der Waals surface area contributed by atoms with Crippen LogP contribution < -0.4 is 16.0 Å². The van der Waals surface area contributed by atoms with Crippen molar-refractivity contribution in [3.05, 3.63) is 18.2 Å². The number of nitrogens with one attached hydrogen (secondary N) is 1. The first-order valence-electron chi connectivity index (χ1n) is 6.28. The zero-order chi connectivity index (χ0) is 13.4. The molecule has 3 rings (SSSR count). The van der Waals surface area contributed by atoms with Crippen LogP contribution in [0.2, 0.25) is 0 Å². The number of nitrogens with zero attached hydrogens (tertiary/aromatic N) is 2. The molecule has 0 aliphatic heterocycles. The molecule has 1 amide bonds. The number of rotatable bonds is 4. The zero-order valence-corrected chi connectivity index (χ0v) is 11.5. The fraction of sp³-hybridized carbons (Fsp3) is 0.385. The van der Waals surface area contributed by atoms with Gasteiger partial charge >= 0.3 is 0 Å². The molecular weight excluding hydrogens is 260 g/mol. The van der Waals surface area contributed by atoms with Gasteiger partial charge in [0.25, 0.3) is 0 Å². The van der Waals surface area contributed by atoms with E-state index in [1.54, 1.807) is 11.3 Å². The lowest BCUT2D eigenvalue weighted by atomic mass is 10.3. The Hall–Kier alpha value is -1.82. The minimum Gasteiger partial charge on any atom is -0.399 e. The van der Waals surface area contributed by atoms with Crippen molar-refractivity contribution in [1.82, 2.24) is 10.3 Å². The third-order valence-electron chi connectivity index (χ3n) is 3.05. The topological polar surface area (TPSA) is 71.2 Å². The molecular formula is C13H16N4OS. The van der Waals surface area contributed by atoms with E-state index in [0.717, 1.165) is 33.9 Å². The van der Waals surface area contributed by atoms with Gasteiger partial charge in [0.15, 0.2) is 5.13 Å². The van der Waals surface area contributed by atoms with E-state index in [4.69, 9.17) is 5.73 Å². The molecule has 3 N–H and O–H groups in total. The van der Waals surface area contributed by atoms with Crippen LogP contribution >= 0.6 is 11.3 Å². The highest BCUT2D eigenvalue weighted by molar-refractivity contribution is 7.22.